The van der Waals surface area contributed by atoms with Gasteiger partial charge in [-0.05, 0) is 57.9 Å². The van der Waals surface area contributed by atoms with Crippen molar-refractivity contribution >= 4 is 18.0 Å². The lowest BCUT2D eigenvalue weighted by molar-refractivity contribution is -0.138. The molecule has 0 saturated carbocycles. The molecule has 12 heteroatoms. The maximum Gasteiger partial charge on any atom is 0.408 e. The summed E-state index contributed by atoms with van der Waals surface area (Å²) in [6, 6.07) is -0.687. The van der Waals surface area contributed by atoms with E-state index < -0.39 is 18.1 Å². The molecule has 2 atom stereocenters. The Morgan fingerprint density at radius 1 is 0.868 bits per heavy atom. The molecule has 0 aromatic heterocycles. The third kappa shape index (κ3) is 19.8. The molecule has 1 aliphatic rings. The lowest BCUT2D eigenvalue weighted by atomic mass is 10.0. The number of nitrogens with one attached hydrogen (secondary N) is 2. The lowest BCUT2D eigenvalue weighted by Gasteiger charge is -2.22. The Labute approximate surface area is 225 Å². The molecule has 1 rings (SSSR count). The first-order valence-corrected chi connectivity index (χ1v) is 13.7. The van der Waals surface area contributed by atoms with Crippen LogP contribution in [0.4, 0.5) is 4.79 Å². The van der Waals surface area contributed by atoms with Gasteiger partial charge >= 0.3 is 12.1 Å². The van der Waals surface area contributed by atoms with E-state index in [1.807, 2.05) is 0 Å². The van der Waals surface area contributed by atoms with Crippen molar-refractivity contribution in [3.8, 4) is 0 Å². The van der Waals surface area contributed by atoms with E-state index in [1.165, 1.54) is 0 Å². The van der Waals surface area contributed by atoms with Gasteiger partial charge < -0.3 is 45.2 Å². The average Bonchev–Trinajstić information content (AvgIpc) is 2.87. The van der Waals surface area contributed by atoms with Gasteiger partial charge in [-0.1, -0.05) is 12.2 Å². The van der Waals surface area contributed by atoms with Gasteiger partial charge in [0.25, 0.3) is 0 Å². The second-order valence-electron chi connectivity index (χ2n) is 8.87. The second kappa shape index (κ2) is 23.8. The molecule has 0 aromatic carbocycles. The first-order valence-electron chi connectivity index (χ1n) is 13.7. The number of rotatable bonds is 22. The molecule has 0 aromatic rings. The van der Waals surface area contributed by atoms with E-state index in [0.717, 1.165) is 44.9 Å². The molecular weight excluding hydrogens is 498 g/mol. The van der Waals surface area contributed by atoms with Crippen LogP contribution >= 0.6 is 0 Å². The number of carbonyl (C=O) groups is 3. The molecule has 0 saturated heterocycles. The summed E-state index contributed by atoms with van der Waals surface area (Å²) in [6.45, 7) is 3.59. The van der Waals surface area contributed by atoms with Gasteiger partial charge in [-0.25, -0.2) is 4.79 Å². The van der Waals surface area contributed by atoms with Gasteiger partial charge in [0.1, 0.15) is 12.1 Å². The van der Waals surface area contributed by atoms with Crippen molar-refractivity contribution < 1.29 is 43.2 Å². The minimum atomic E-state index is -0.890. The summed E-state index contributed by atoms with van der Waals surface area (Å²) in [5, 5.41) is 14.0. The van der Waals surface area contributed by atoms with Gasteiger partial charge in [0.2, 0.25) is 5.91 Å². The molecule has 0 heterocycles. The molecular formula is C26H47N3O9. The van der Waals surface area contributed by atoms with Crippen LogP contribution in [0.25, 0.3) is 0 Å². The summed E-state index contributed by atoms with van der Waals surface area (Å²) in [5.41, 5.74) is 5.57. The smallest absolute Gasteiger partial charge is 0.408 e. The fraction of sp³-hybridized carbons (Fsp3) is 0.808. The third-order valence-electron chi connectivity index (χ3n) is 5.67. The van der Waals surface area contributed by atoms with E-state index in [4.69, 9.17) is 34.5 Å². The molecule has 0 fully saturated rings. The number of ether oxygens (including phenoxy) is 5. The maximum atomic E-state index is 12.7. The predicted octanol–water partition coefficient (Wildman–Crippen LogP) is 1.76. The van der Waals surface area contributed by atoms with Gasteiger partial charge in [-0.3, -0.25) is 9.59 Å². The number of unbranched alkanes of at least 4 members (excludes halogenated alkanes) is 1. The van der Waals surface area contributed by atoms with E-state index in [0.29, 0.717) is 65.8 Å². The van der Waals surface area contributed by atoms with Crippen molar-refractivity contribution in [3.63, 3.8) is 0 Å². The molecule has 12 nitrogen and oxygen atoms in total. The summed E-state index contributed by atoms with van der Waals surface area (Å²) in [5.74, 6) is -1.16. The summed E-state index contributed by atoms with van der Waals surface area (Å²) >= 11 is 0. The highest BCUT2D eigenvalue weighted by Crippen LogP contribution is 2.15. The fourth-order valence-electron chi connectivity index (χ4n) is 3.62. The molecule has 0 aliphatic heterocycles. The van der Waals surface area contributed by atoms with Crippen molar-refractivity contribution in [1.29, 1.82) is 0 Å². The predicted molar refractivity (Wildman–Crippen MR) is 141 cm³/mol. The van der Waals surface area contributed by atoms with Gasteiger partial charge in [-0.15, -0.1) is 0 Å². The number of carboxylic acids is 1. The fourth-order valence-corrected chi connectivity index (χ4v) is 3.62. The summed E-state index contributed by atoms with van der Waals surface area (Å²) < 4.78 is 26.9. The van der Waals surface area contributed by atoms with Crippen LogP contribution in [-0.4, -0.2) is 101 Å². The first-order chi connectivity index (χ1) is 18.5. The Balaban J connectivity index is 2.12. The number of allylic oxidation sites excluding steroid dienone is 2. The molecule has 2 amide bonds. The largest absolute Gasteiger partial charge is 0.481 e. The standard InChI is InChI=1S/C26H47N3O9/c27-12-7-6-10-23(29-26(33)38-22-8-4-2-1-3-5-9-22)25(32)28-13-15-35-17-19-37-21-20-36-18-16-34-14-11-24(30)31/h1-2,22-23H,3-21,27H2,(H,28,32)(H,29,33)(H,30,31)/b2-1+/t22?,23-/m0/s1. The van der Waals surface area contributed by atoms with E-state index >= 15 is 0 Å². The van der Waals surface area contributed by atoms with E-state index in [2.05, 4.69) is 22.8 Å². The third-order valence-corrected chi connectivity index (χ3v) is 5.67. The SMILES string of the molecule is NCCCC[C@H](NC(=O)OC1CC/C=C/CCC1)C(=O)NCCOCCOCCOCCOCCC(=O)O. The van der Waals surface area contributed by atoms with Gasteiger partial charge in [0.15, 0.2) is 0 Å². The number of hydrogen-bond acceptors (Lipinski definition) is 9. The normalized spacial score (nSPS) is 17.1. The van der Waals surface area contributed by atoms with Crippen molar-refractivity contribution in [2.45, 2.75) is 69.9 Å². The lowest BCUT2D eigenvalue weighted by Crippen LogP contribution is -2.48. The second-order valence-corrected chi connectivity index (χ2v) is 8.87. The first kappa shape index (κ1) is 33.8. The van der Waals surface area contributed by atoms with Crippen molar-refractivity contribution in [3.05, 3.63) is 12.2 Å². The summed E-state index contributed by atoms with van der Waals surface area (Å²) in [6.07, 6.45) is 9.98. The maximum absolute atomic E-state index is 12.7. The van der Waals surface area contributed by atoms with Crippen LogP contribution in [0.3, 0.4) is 0 Å². The quantitative estimate of drug-likeness (QED) is 0.116. The number of alkyl carbamates (subject to hydrolysis) is 1. The van der Waals surface area contributed by atoms with Crippen LogP contribution in [0.15, 0.2) is 12.2 Å². The highest BCUT2D eigenvalue weighted by Gasteiger charge is 2.23. The van der Waals surface area contributed by atoms with Crippen LogP contribution < -0.4 is 16.4 Å². The monoisotopic (exact) mass is 545 g/mol. The Morgan fingerprint density at radius 3 is 2.16 bits per heavy atom. The zero-order valence-corrected chi connectivity index (χ0v) is 22.5. The number of hydrogen-bond donors (Lipinski definition) is 4. The van der Waals surface area contributed by atoms with Gasteiger partial charge in [0.05, 0.1) is 59.3 Å². The molecule has 220 valence electrons. The van der Waals surface area contributed by atoms with Crippen molar-refractivity contribution in [2.75, 3.05) is 65.9 Å². The summed E-state index contributed by atoms with van der Waals surface area (Å²) in [7, 11) is 0. The van der Waals surface area contributed by atoms with Crippen LogP contribution in [-0.2, 0) is 33.3 Å². The van der Waals surface area contributed by atoms with Crippen molar-refractivity contribution in [1.82, 2.24) is 10.6 Å². The Kier molecular flexibility index (Phi) is 21.2. The zero-order chi connectivity index (χ0) is 27.7. The minimum Gasteiger partial charge on any atom is -0.481 e. The summed E-state index contributed by atoms with van der Waals surface area (Å²) in [4.78, 5) is 35.5. The molecule has 1 aliphatic carbocycles. The number of nitrogens with two attached hydrogens (primary N) is 1. The number of carbonyl (C=O) groups excluding carboxylic acids is 2. The molecule has 0 radical (unpaired) electrons. The van der Waals surface area contributed by atoms with Crippen LogP contribution in [0.5, 0.6) is 0 Å². The number of aliphatic carboxylic acids is 1. The highest BCUT2D eigenvalue weighted by molar-refractivity contribution is 5.85. The Morgan fingerprint density at radius 2 is 1.50 bits per heavy atom. The van der Waals surface area contributed by atoms with Crippen LogP contribution in [0, 0.1) is 0 Å². The van der Waals surface area contributed by atoms with E-state index in [9.17, 15) is 14.4 Å². The van der Waals surface area contributed by atoms with E-state index in [-0.39, 0.29) is 25.0 Å². The average molecular weight is 546 g/mol. The molecule has 0 spiro atoms. The highest BCUT2D eigenvalue weighted by atomic mass is 16.6. The van der Waals surface area contributed by atoms with Gasteiger partial charge in [-0.2, -0.15) is 0 Å². The molecule has 38 heavy (non-hydrogen) atoms. The number of amides is 2. The van der Waals surface area contributed by atoms with Crippen LogP contribution in [0.1, 0.15) is 57.8 Å². The topological polar surface area (TPSA) is 168 Å². The molecule has 5 N–H and O–H groups in total. The molecule has 1 unspecified atom stereocenters. The zero-order valence-electron chi connectivity index (χ0n) is 22.5. The van der Waals surface area contributed by atoms with Crippen molar-refractivity contribution in [2.24, 2.45) is 5.73 Å². The van der Waals surface area contributed by atoms with E-state index in [1.54, 1.807) is 0 Å². The van der Waals surface area contributed by atoms with Crippen LogP contribution in [0.2, 0.25) is 0 Å². The Bertz CT molecular complexity index is 664. The molecule has 0 bridgehead atoms. The number of carboxylic acid groups (broad SMARTS) is 1. The Hall–Kier alpha value is -2.25. The van der Waals surface area contributed by atoms with Gasteiger partial charge in [0, 0.05) is 6.54 Å². The minimum absolute atomic E-state index is 0.0214.